The Kier molecular flexibility index (Phi) is 10.2. The van der Waals surface area contributed by atoms with Gasteiger partial charge in [0.1, 0.15) is 18.4 Å². The number of hydrogen-bond donors (Lipinski definition) is 1. The number of nitrogens with one attached hydrogen (secondary N) is 1. The van der Waals surface area contributed by atoms with Gasteiger partial charge in [0.2, 0.25) is 11.8 Å². The van der Waals surface area contributed by atoms with E-state index in [4.69, 9.17) is 23.2 Å². The predicted octanol–water partition coefficient (Wildman–Crippen LogP) is 6.05. The Morgan fingerprint density at radius 1 is 0.975 bits per heavy atom. The van der Waals surface area contributed by atoms with Crippen LogP contribution in [0, 0.1) is 5.82 Å². The van der Waals surface area contributed by atoms with Gasteiger partial charge in [0.05, 0.1) is 10.6 Å². The molecule has 7 nitrogen and oxygen atoms in total. The number of nitrogens with zero attached hydrogens (tertiary/aromatic N) is 2. The molecule has 11 heteroatoms. The number of rotatable bonds is 10. The molecule has 0 aromatic heterocycles. The minimum absolute atomic E-state index is 0.0653. The molecule has 0 saturated carbocycles. The van der Waals surface area contributed by atoms with Gasteiger partial charge in [0.15, 0.2) is 0 Å². The average Bonchev–Trinajstić information content (AvgIpc) is 2.88. The lowest BCUT2D eigenvalue weighted by Crippen LogP contribution is -2.55. The van der Waals surface area contributed by atoms with E-state index < -0.39 is 39.9 Å². The van der Waals surface area contributed by atoms with Crippen molar-refractivity contribution in [3.8, 4) is 0 Å². The lowest BCUT2D eigenvalue weighted by molar-refractivity contribution is -0.141. The summed E-state index contributed by atoms with van der Waals surface area (Å²) in [5.41, 5.74) is 0.199. The molecule has 40 heavy (non-hydrogen) atoms. The van der Waals surface area contributed by atoms with Crippen LogP contribution in [0.15, 0.2) is 77.7 Å². The van der Waals surface area contributed by atoms with Gasteiger partial charge in [-0.05, 0) is 81.3 Å². The second-order valence-corrected chi connectivity index (χ2v) is 12.9. The summed E-state index contributed by atoms with van der Waals surface area (Å²) in [6, 6.07) is 16.4. The summed E-state index contributed by atoms with van der Waals surface area (Å²) in [5.74, 6) is -1.61. The molecule has 0 spiro atoms. The summed E-state index contributed by atoms with van der Waals surface area (Å²) >= 11 is 12.5. The third-order valence-corrected chi connectivity index (χ3v) is 8.34. The van der Waals surface area contributed by atoms with Crippen molar-refractivity contribution in [1.82, 2.24) is 10.2 Å². The Hall–Kier alpha value is -3.14. The van der Waals surface area contributed by atoms with Gasteiger partial charge < -0.3 is 10.2 Å². The molecule has 3 aromatic carbocycles. The van der Waals surface area contributed by atoms with Crippen molar-refractivity contribution in [1.29, 1.82) is 0 Å². The molecule has 2 amide bonds. The smallest absolute Gasteiger partial charge is 0.264 e. The number of hydrogen-bond acceptors (Lipinski definition) is 4. The summed E-state index contributed by atoms with van der Waals surface area (Å²) < 4.78 is 42.0. The standard InChI is InChI=1S/C29H32Cl2FN3O4S/c1-5-26(28(37)33-29(2,3)4)34(18-20-11-12-21(30)17-25(20)31)27(36)19-35(23-9-7-6-8-10-23)40(38,39)24-15-13-22(32)14-16-24/h6-17,26H,5,18-19H2,1-4H3,(H,33,37)/t26-/m1/s1. The molecule has 0 aliphatic heterocycles. The van der Waals surface area contributed by atoms with Gasteiger partial charge in [-0.1, -0.05) is 54.4 Å². The number of halogens is 3. The largest absolute Gasteiger partial charge is 0.350 e. The van der Waals surface area contributed by atoms with E-state index >= 15 is 0 Å². The maximum atomic E-state index is 14.0. The summed E-state index contributed by atoms with van der Waals surface area (Å²) in [7, 11) is -4.29. The van der Waals surface area contributed by atoms with Crippen LogP contribution in [0.4, 0.5) is 10.1 Å². The first-order valence-corrected chi connectivity index (χ1v) is 14.8. The normalized spacial score (nSPS) is 12.5. The number of amides is 2. The van der Waals surface area contributed by atoms with E-state index in [1.807, 2.05) is 20.8 Å². The van der Waals surface area contributed by atoms with E-state index in [1.165, 1.54) is 11.0 Å². The second-order valence-electron chi connectivity index (χ2n) is 10.2. The summed E-state index contributed by atoms with van der Waals surface area (Å²) in [5, 5.41) is 3.62. The van der Waals surface area contributed by atoms with E-state index in [0.717, 1.165) is 28.6 Å². The highest BCUT2D eigenvalue weighted by Crippen LogP contribution is 2.27. The minimum Gasteiger partial charge on any atom is -0.350 e. The fraction of sp³-hybridized carbons (Fsp3) is 0.310. The first-order valence-electron chi connectivity index (χ1n) is 12.6. The van der Waals surface area contributed by atoms with Gasteiger partial charge in [-0.15, -0.1) is 0 Å². The van der Waals surface area contributed by atoms with Crippen LogP contribution in [0.5, 0.6) is 0 Å². The molecule has 0 saturated heterocycles. The van der Waals surface area contributed by atoms with Gasteiger partial charge in [-0.3, -0.25) is 13.9 Å². The molecule has 1 atom stereocenters. The number of benzene rings is 3. The van der Waals surface area contributed by atoms with Gasteiger partial charge in [-0.25, -0.2) is 12.8 Å². The number of anilines is 1. The van der Waals surface area contributed by atoms with Crippen LogP contribution in [-0.4, -0.2) is 43.3 Å². The van der Waals surface area contributed by atoms with Crippen molar-refractivity contribution >= 4 is 50.7 Å². The van der Waals surface area contributed by atoms with E-state index in [2.05, 4.69) is 5.32 Å². The van der Waals surface area contributed by atoms with Gasteiger partial charge in [0.25, 0.3) is 10.0 Å². The Morgan fingerprint density at radius 2 is 1.60 bits per heavy atom. The zero-order valence-corrected chi connectivity index (χ0v) is 25.0. The molecule has 0 fully saturated rings. The van der Waals surface area contributed by atoms with Crippen LogP contribution >= 0.6 is 23.2 Å². The Morgan fingerprint density at radius 3 is 2.15 bits per heavy atom. The van der Waals surface area contributed by atoms with E-state index in [1.54, 1.807) is 49.4 Å². The molecule has 0 aliphatic rings. The van der Waals surface area contributed by atoms with Crippen molar-refractivity contribution in [3.63, 3.8) is 0 Å². The van der Waals surface area contributed by atoms with Crippen molar-refractivity contribution in [2.24, 2.45) is 0 Å². The van der Waals surface area contributed by atoms with Gasteiger partial charge in [0, 0.05) is 22.1 Å². The molecule has 0 radical (unpaired) electrons. The third kappa shape index (κ3) is 7.96. The van der Waals surface area contributed by atoms with E-state index in [-0.39, 0.29) is 29.5 Å². The highest BCUT2D eigenvalue weighted by Gasteiger charge is 2.34. The highest BCUT2D eigenvalue weighted by atomic mass is 35.5. The second kappa shape index (κ2) is 13.0. The Labute approximate surface area is 244 Å². The maximum absolute atomic E-state index is 14.0. The molecular weight excluding hydrogens is 576 g/mol. The first-order chi connectivity index (χ1) is 18.7. The molecule has 0 aliphatic carbocycles. The van der Waals surface area contributed by atoms with E-state index in [9.17, 15) is 22.4 Å². The monoisotopic (exact) mass is 607 g/mol. The van der Waals surface area contributed by atoms with Crippen molar-refractivity contribution in [2.75, 3.05) is 10.8 Å². The summed E-state index contributed by atoms with van der Waals surface area (Å²) in [6.45, 7) is 6.56. The number of para-hydroxylation sites is 1. The van der Waals surface area contributed by atoms with Crippen LogP contribution < -0.4 is 9.62 Å². The van der Waals surface area contributed by atoms with Crippen LogP contribution in [0.25, 0.3) is 0 Å². The zero-order valence-electron chi connectivity index (χ0n) is 22.7. The molecule has 3 aromatic rings. The predicted molar refractivity (Wildman–Crippen MR) is 156 cm³/mol. The Balaban J connectivity index is 2.07. The van der Waals surface area contributed by atoms with Crippen molar-refractivity contribution in [2.45, 2.75) is 57.1 Å². The van der Waals surface area contributed by atoms with Crippen molar-refractivity contribution < 1.29 is 22.4 Å². The molecule has 1 N–H and O–H groups in total. The topological polar surface area (TPSA) is 86.8 Å². The van der Waals surface area contributed by atoms with Crippen LogP contribution in [-0.2, 0) is 26.2 Å². The molecule has 0 bridgehead atoms. The molecule has 0 unspecified atom stereocenters. The van der Waals surface area contributed by atoms with Gasteiger partial charge >= 0.3 is 0 Å². The SMILES string of the molecule is CC[C@H](C(=O)NC(C)(C)C)N(Cc1ccc(Cl)cc1Cl)C(=O)CN(c1ccccc1)S(=O)(=O)c1ccc(F)cc1. The molecule has 214 valence electrons. The lowest BCUT2D eigenvalue weighted by atomic mass is 10.1. The van der Waals surface area contributed by atoms with Gasteiger partial charge in [-0.2, -0.15) is 0 Å². The fourth-order valence-electron chi connectivity index (χ4n) is 4.06. The summed E-state index contributed by atoms with van der Waals surface area (Å²) in [4.78, 5) is 28.5. The fourth-order valence-corrected chi connectivity index (χ4v) is 5.95. The lowest BCUT2D eigenvalue weighted by Gasteiger charge is -2.35. The first kappa shape index (κ1) is 31.4. The zero-order chi connectivity index (χ0) is 29.7. The molecular formula is C29H32Cl2FN3O4S. The number of carbonyl (C=O) groups is 2. The van der Waals surface area contributed by atoms with Crippen molar-refractivity contribution in [3.05, 3.63) is 94.2 Å². The minimum atomic E-state index is -4.29. The summed E-state index contributed by atoms with van der Waals surface area (Å²) in [6.07, 6.45) is 0.259. The average molecular weight is 609 g/mol. The number of carbonyl (C=O) groups excluding carboxylic acids is 2. The molecule has 3 rings (SSSR count). The van der Waals surface area contributed by atoms with Crippen LogP contribution in [0.2, 0.25) is 10.0 Å². The van der Waals surface area contributed by atoms with Crippen LogP contribution in [0.1, 0.15) is 39.7 Å². The Bertz CT molecular complexity index is 1450. The third-order valence-electron chi connectivity index (χ3n) is 5.96. The quantitative estimate of drug-likeness (QED) is 0.304. The van der Waals surface area contributed by atoms with E-state index in [0.29, 0.717) is 15.6 Å². The maximum Gasteiger partial charge on any atom is 0.264 e. The number of sulfonamides is 1. The molecule has 0 heterocycles. The van der Waals surface area contributed by atoms with Crippen LogP contribution in [0.3, 0.4) is 0 Å². The highest BCUT2D eigenvalue weighted by molar-refractivity contribution is 7.92.